The number of aromatic amines is 1. The highest BCUT2D eigenvalue weighted by atomic mass is 32.2. The SMILES string of the molecule is CC=N/C=C\C(C)C.CCC/C=C1\C=C(c2cccc(S(=O)(=O)CC)c2)NC(=Nc2cc(C)[nH]n2)N1/C=C(\C)CC. The maximum Gasteiger partial charge on any atom is 0.214 e. The van der Waals surface area contributed by atoms with Gasteiger partial charge in [0.1, 0.15) is 0 Å². The summed E-state index contributed by atoms with van der Waals surface area (Å²) in [7, 11) is -3.31. The molecule has 0 aliphatic carbocycles. The van der Waals surface area contributed by atoms with Gasteiger partial charge in [0.15, 0.2) is 15.7 Å². The van der Waals surface area contributed by atoms with E-state index in [0.717, 1.165) is 41.9 Å². The summed E-state index contributed by atoms with van der Waals surface area (Å²) in [5.74, 6) is 1.85. The monoisotopic (exact) mass is 578 g/mol. The summed E-state index contributed by atoms with van der Waals surface area (Å²) in [6.45, 7) is 16.1. The van der Waals surface area contributed by atoms with E-state index >= 15 is 0 Å². The van der Waals surface area contributed by atoms with Crippen LogP contribution in [-0.2, 0) is 9.84 Å². The molecule has 0 saturated carbocycles. The summed E-state index contributed by atoms with van der Waals surface area (Å²) in [5, 5.41) is 10.6. The first-order valence-electron chi connectivity index (χ1n) is 14.3. The standard InChI is InChI=1S/C25H33N5O2S.C7H13N/c1-6-9-12-21-16-23(20-11-10-13-22(15-20)33(31,32)8-3)26-25(30(21)17-18(4)7-2)27-24-14-19(5)28-29-24;1-4-8-6-5-7(2)3/h10-17H,6-9H2,1-5H3,(H2,26,27,28,29);4-7H,1-3H3/b18-17+,21-12+;6-5-,8-4?. The Hall–Kier alpha value is -3.72. The zero-order valence-corrected chi connectivity index (χ0v) is 26.6. The highest BCUT2D eigenvalue weighted by Crippen LogP contribution is 2.27. The van der Waals surface area contributed by atoms with E-state index in [1.165, 1.54) is 5.57 Å². The van der Waals surface area contributed by atoms with Gasteiger partial charge in [-0.05, 0) is 63.3 Å². The van der Waals surface area contributed by atoms with E-state index in [1.807, 2.05) is 43.2 Å². The van der Waals surface area contributed by atoms with Crippen LogP contribution in [0.2, 0.25) is 0 Å². The molecule has 9 heteroatoms. The average Bonchev–Trinajstić information content (AvgIpc) is 3.37. The smallest absolute Gasteiger partial charge is 0.214 e. The normalized spacial score (nSPS) is 16.5. The number of unbranched alkanes of at least 4 members (excludes halogenated alkanes) is 1. The molecule has 222 valence electrons. The lowest BCUT2D eigenvalue weighted by Gasteiger charge is -2.31. The fourth-order valence-corrected chi connectivity index (χ4v) is 4.52. The van der Waals surface area contributed by atoms with Gasteiger partial charge in [0.2, 0.25) is 5.96 Å². The summed E-state index contributed by atoms with van der Waals surface area (Å²) in [4.78, 5) is 11.0. The predicted molar refractivity (Wildman–Crippen MR) is 173 cm³/mol. The zero-order chi connectivity index (χ0) is 30.4. The first kappa shape index (κ1) is 33.5. The van der Waals surface area contributed by atoms with Crippen LogP contribution in [0.15, 0.2) is 87.1 Å². The van der Waals surface area contributed by atoms with Crippen molar-refractivity contribution in [1.29, 1.82) is 0 Å². The molecule has 0 bridgehead atoms. The van der Waals surface area contributed by atoms with Crippen LogP contribution in [0.3, 0.4) is 0 Å². The summed E-state index contributed by atoms with van der Waals surface area (Å²) in [6, 6.07) is 8.92. The van der Waals surface area contributed by atoms with Crippen LogP contribution in [0.4, 0.5) is 5.82 Å². The molecule has 0 spiro atoms. The number of guanidine groups is 1. The highest BCUT2D eigenvalue weighted by Gasteiger charge is 2.23. The maximum absolute atomic E-state index is 12.5. The number of allylic oxidation sites excluding steroid dienone is 4. The number of rotatable bonds is 10. The van der Waals surface area contributed by atoms with Crippen molar-refractivity contribution in [2.45, 2.75) is 79.5 Å². The first-order chi connectivity index (χ1) is 19.5. The van der Waals surface area contributed by atoms with E-state index in [0.29, 0.717) is 22.6 Å². The van der Waals surface area contributed by atoms with E-state index in [-0.39, 0.29) is 5.75 Å². The van der Waals surface area contributed by atoms with E-state index in [9.17, 15) is 8.42 Å². The molecule has 0 fully saturated rings. The molecule has 2 aromatic rings. The van der Waals surface area contributed by atoms with Crippen molar-refractivity contribution in [2.75, 3.05) is 5.75 Å². The number of H-pyrrole nitrogens is 1. The van der Waals surface area contributed by atoms with Gasteiger partial charge in [0, 0.05) is 36.1 Å². The van der Waals surface area contributed by atoms with Crippen molar-refractivity contribution >= 4 is 33.5 Å². The van der Waals surface area contributed by atoms with Crippen LogP contribution in [0, 0.1) is 12.8 Å². The second kappa shape index (κ2) is 16.5. The molecule has 1 aliphatic heterocycles. The number of nitrogens with one attached hydrogen (secondary N) is 2. The molecular weight excluding hydrogens is 532 g/mol. The lowest BCUT2D eigenvalue weighted by Crippen LogP contribution is -2.40. The van der Waals surface area contributed by atoms with E-state index in [4.69, 9.17) is 4.99 Å². The van der Waals surface area contributed by atoms with Crippen LogP contribution in [0.1, 0.15) is 79.0 Å². The Morgan fingerprint density at radius 2 is 1.93 bits per heavy atom. The minimum absolute atomic E-state index is 0.0602. The molecule has 3 rings (SSSR count). The molecule has 0 atom stereocenters. The van der Waals surface area contributed by atoms with Crippen molar-refractivity contribution < 1.29 is 8.42 Å². The summed E-state index contributed by atoms with van der Waals surface area (Å²) in [6.07, 6.45) is 14.8. The molecule has 1 aromatic heterocycles. The zero-order valence-electron chi connectivity index (χ0n) is 25.8. The maximum atomic E-state index is 12.5. The van der Waals surface area contributed by atoms with Crippen LogP contribution < -0.4 is 5.32 Å². The van der Waals surface area contributed by atoms with E-state index < -0.39 is 9.84 Å². The van der Waals surface area contributed by atoms with Gasteiger partial charge in [0.25, 0.3) is 0 Å². The minimum Gasteiger partial charge on any atom is -0.325 e. The molecular formula is C32H46N6O2S. The molecule has 0 unspecified atom stereocenters. The lowest BCUT2D eigenvalue weighted by molar-refractivity contribution is 0.597. The summed E-state index contributed by atoms with van der Waals surface area (Å²) in [5.41, 5.74) is 4.68. The Labute approximate surface area is 246 Å². The number of aromatic nitrogens is 2. The quantitative estimate of drug-likeness (QED) is 0.281. The largest absolute Gasteiger partial charge is 0.325 e. The topological polar surface area (TPSA) is 103 Å². The van der Waals surface area contributed by atoms with Gasteiger partial charge in [0.05, 0.1) is 16.3 Å². The van der Waals surface area contributed by atoms with Crippen molar-refractivity contribution in [3.8, 4) is 0 Å². The van der Waals surface area contributed by atoms with Crippen molar-refractivity contribution in [3.05, 3.63) is 83.5 Å². The first-order valence-corrected chi connectivity index (χ1v) is 15.9. The number of hydrogen-bond donors (Lipinski definition) is 2. The Kier molecular flexibility index (Phi) is 13.5. The Morgan fingerprint density at radius 3 is 2.51 bits per heavy atom. The second-order valence-corrected chi connectivity index (χ2v) is 12.3. The molecule has 8 nitrogen and oxygen atoms in total. The van der Waals surface area contributed by atoms with Crippen LogP contribution in [-0.4, -0.2) is 41.4 Å². The molecule has 2 N–H and O–H groups in total. The van der Waals surface area contributed by atoms with Gasteiger partial charge in [-0.3, -0.25) is 15.0 Å². The van der Waals surface area contributed by atoms with Crippen LogP contribution >= 0.6 is 0 Å². The number of aliphatic imine (C=N–C) groups is 2. The second-order valence-electron chi connectivity index (χ2n) is 10.1. The molecule has 1 aromatic carbocycles. The lowest BCUT2D eigenvalue weighted by atomic mass is 10.1. The number of sulfone groups is 1. The van der Waals surface area contributed by atoms with Gasteiger partial charge in [-0.15, -0.1) is 0 Å². The van der Waals surface area contributed by atoms with Crippen LogP contribution in [0.25, 0.3) is 5.70 Å². The number of benzene rings is 1. The predicted octanol–water partition coefficient (Wildman–Crippen LogP) is 7.69. The van der Waals surface area contributed by atoms with Gasteiger partial charge in [-0.25, -0.2) is 8.42 Å². The Bertz CT molecular complexity index is 1430. The average molecular weight is 579 g/mol. The highest BCUT2D eigenvalue weighted by molar-refractivity contribution is 7.91. The number of nitrogens with zero attached hydrogens (tertiary/aromatic N) is 4. The Morgan fingerprint density at radius 1 is 1.17 bits per heavy atom. The fourth-order valence-electron chi connectivity index (χ4n) is 3.59. The Balaban J connectivity index is 0.000000642. The van der Waals surface area contributed by atoms with Gasteiger partial charge >= 0.3 is 0 Å². The van der Waals surface area contributed by atoms with Crippen molar-refractivity contribution in [3.63, 3.8) is 0 Å². The number of hydrogen-bond acceptors (Lipinski definition) is 5. The molecule has 0 saturated heterocycles. The molecule has 0 amide bonds. The molecule has 41 heavy (non-hydrogen) atoms. The van der Waals surface area contributed by atoms with Crippen LogP contribution in [0.5, 0.6) is 0 Å². The van der Waals surface area contributed by atoms with E-state index in [1.54, 1.807) is 31.3 Å². The van der Waals surface area contributed by atoms with Gasteiger partial charge < -0.3 is 5.32 Å². The third-order valence-electron chi connectivity index (χ3n) is 6.10. The fraction of sp³-hybridized carbons (Fsp3) is 0.406. The third-order valence-corrected chi connectivity index (χ3v) is 7.83. The summed E-state index contributed by atoms with van der Waals surface area (Å²) >= 11 is 0. The van der Waals surface area contributed by atoms with Crippen molar-refractivity contribution in [1.82, 2.24) is 20.4 Å². The third kappa shape index (κ3) is 10.6. The number of aryl methyl sites for hydroxylation is 1. The molecule has 0 radical (unpaired) electrons. The molecule has 1 aliphatic rings. The minimum atomic E-state index is -3.31. The van der Waals surface area contributed by atoms with E-state index in [2.05, 4.69) is 73.5 Å². The van der Waals surface area contributed by atoms with Gasteiger partial charge in [-0.2, -0.15) is 10.1 Å². The van der Waals surface area contributed by atoms with Crippen molar-refractivity contribution in [2.24, 2.45) is 15.9 Å². The summed E-state index contributed by atoms with van der Waals surface area (Å²) < 4.78 is 24.9. The molecule has 2 heterocycles. The van der Waals surface area contributed by atoms with Gasteiger partial charge in [-0.1, -0.05) is 70.9 Å².